The van der Waals surface area contributed by atoms with Crippen molar-refractivity contribution in [2.45, 2.75) is 25.3 Å². The Labute approximate surface area is 165 Å². The van der Waals surface area contributed by atoms with Gasteiger partial charge in [0.1, 0.15) is 5.75 Å². The molecule has 146 valence electrons. The first-order valence-electron chi connectivity index (χ1n) is 9.75. The zero-order valence-corrected chi connectivity index (χ0v) is 16.4. The highest BCUT2D eigenvalue weighted by Crippen LogP contribution is 2.36. The third kappa shape index (κ3) is 3.90. The number of benzene rings is 2. The molecule has 2 heterocycles. The third-order valence-corrected chi connectivity index (χ3v) is 5.61. The summed E-state index contributed by atoms with van der Waals surface area (Å²) in [6.07, 6.45) is 3.88. The van der Waals surface area contributed by atoms with Gasteiger partial charge < -0.3 is 18.9 Å². The van der Waals surface area contributed by atoms with Gasteiger partial charge in [-0.15, -0.1) is 0 Å². The van der Waals surface area contributed by atoms with Gasteiger partial charge in [0.05, 0.1) is 7.11 Å². The van der Waals surface area contributed by atoms with Crippen LogP contribution in [-0.4, -0.2) is 42.9 Å². The van der Waals surface area contributed by atoms with Gasteiger partial charge in [-0.1, -0.05) is 30.3 Å². The number of piperidine rings is 1. The van der Waals surface area contributed by atoms with Crippen molar-refractivity contribution in [3.8, 4) is 5.75 Å². The second-order valence-corrected chi connectivity index (χ2v) is 7.51. The predicted molar refractivity (Wildman–Crippen MR) is 110 cm³/mol. The number of ether oxygens (including phenoxy) is 2. The van der Waals surface area contributed by atoms with Gasteiger partial charge in [-0.2, -0.15) is 0 Å². The number of rotatable bonds is 4. The fraction of sp³-hybridized carbons (Fsp3) is 0.348. The maximum Gasteiger partial charge on any atom is 0.513 e. The molecule has 0 saturated carbocycles. The zero-order valence-electron chi connectivity index (χ0n) is 16.4. The Kier molecular flexibility index (Phi) is 5.35. The molecule has 0 unspecified atom stereocenters. The van der Waals surface area contributed by atoms with Gasteiger partial charge in [-0.3, -0.25) is 0 Å². The lowest BCUT2D eigenvalue weighted by Gasteiger charge is -2.28. The molecule has 0 bridgehead atoms. The molecular weight excluding hydrogens is 352 g/mol. The van der Waals surface area contributed by atoms with Crippen molar-refractivity contribution in [1.29, 1.82) is 0 Å². The van der Waals surface area contributed by atoms with E-state index in [2.05, 4.69) is 51.7 Å². The van der Waals surface area contributed by atoms with Crippen molar-refractivity contribution in [1.82, 2.24) is 9.47 Å². The molecule has 0 radical (unpaired) electrons. The Bertz CT molecular complexity index is 957. The van der Waals surface area contributed by atoms with Crippen LogP contribution in [0.5, 0.6) is 5.75 Å². The minimum Gasteiger partial charge on any atom is -0.437 e. The minimum atomic E-state index is -0.691. The molecule has 1 aromatic heterocycles. The number of carbonyl (C=O) groups excluding carboxylic acids is 1. The highest BCUT2D eigenvalue weighted by atomic mass is 16.7. The molecule has 0 amide bonds. The number of aromatic nitrogens is 1. The molecule has 1 aliphatic heterocycles. The lowest BCUT2D eigenvalue weighted by Crippen LogP contribution is -2.29. The average molecular weight is 378 g/mol. The van der Waals surface area contributed by atoms with Crippen molar-refractivity contribution in [2.24, 2.45) is 0 Å². The summed E-state index contributed by atoms with van der Waals surface area (Å²) in [5.74, 6) is 1.04. The van der Waals surface area contributed by atoms with Crippen molar-refractivity contribution in [3.63, 3.8) is 0 Å². The van der Waals surface area contributed by atoms with Crippen LogP contribution in [0, 0.1) is 0 Å². The molecule has 28 heavy (non-hydrogen) atoms. The quantitative estimate of drug-likeness (QED) is 0.490. The first-order chi connectivity index (χ1) is 13.6. The number of carbonyl (C=O) groups is 1. The van der Waals surface area contributed by atoms with E-state index in [0.29, 0.717) is 11.7 Å². The molecule has 4 rings (SSSR count). The van der Waals surface area contributed by atoms with Crippen LogP contribution in [0.3, 0.4) is 0 Å². The smallest absolute Gasteiger partial charge is 0.437 e. The SMILES string of the molecule is COC(=O)Oc1ccc2c(c1)c(C1CCN(C)CC1)cn2Cc1ccccc1. The lowest BCUT2D eigenvalue weighted by molar-refractivity contribution is 0.121. The molecule has 2 aromatic carbocycles. The highest BCUT2D eigenvalue weighted by molar-refractivity contribution is 5.86. The maximum absolute atomic E-state index is 11.5. The summed E-state index contributed by atoms with van der Waals surface area (Å²) in [5.41, 5.74) is 3.77. The maximum atomic E-state index is 11.5. The fourth-order valence-electron chi connectivity index (χ4n) is 4.06. The van der Waals surface area contributed by atoms with Gasteiger partial charge in [-0.05, 0) is 68.2 Å². The van der Waals surface area contributed by atoms with Gasteiger partial charge in [-0.25, -0.2) is 4.79 Å². The van der Waals surface area contributed by atoms with Gasteiger partial charge in [0.2, 0.25) is 0 Å². The van der Waals surface area contributed by atoms with E-state index in [4.69, 9.17) is 4.74 Å². The Morgan fingerprint density at radius 1 is 1.11 bits per heavy atom. The Hall–Kier alpha value is -2.79. The van der Waals surface area contributed by atoms with E-state index in [9.17, 15) is 4.79 Å². The van der Waals surface area contributed by atoms with Crippen molar-refractivity contribution in [2.75, 3.05) is 27.2 Å². The standard InChI is InChI=1S/C23H26N2O3/c1-24-12-10-18(11-13-24)21-16-25(15-17-6-4-3-5-7-17)22-9-8-19(14-20(21)22)28-23(26)27-2/h3-9,14,16,18H,10-13,15H2,1-2H3. The average Bonchev–Trinajstić information content (AvgIpc) is 3.07. The molecule has 3 aromatic rings. The second kappa shape index (κ2) is 8.07. The molecule has 1 fully saturated rings. The zero-order chi connectivity index (χ0) is 19.5. The van der Waals surface area contributed by atoms with Crippen LogP contribution in [0.2, 0.25) is 0 Å². The molecule has 1 aliphatic rings. The Morgan fingerprint density at radius 2 is 1.86 bits per heavy atom. The number of hydrogen-bond acceptors (Lipinski definition) is 4. The second-order valence-electron chi connectivity index (χ2n) is 7.51. The van der Waals surface area contributed by atoms with E-state index in [0.717, 1.165) is 43.4 Å². The van der Waals surface area contributed by atoms with Crippen LogP contribution < -0.4 is 4.74 Å². The largest absolute Gasteiger partial charge is 0.513 e. The topological polar surface area (TPSA) is 43.7 Å². The van der Waals surface area contributed by atoms with Crippen molar-refractivity contribution < 1.29 is 14.3 Å². The molecule has 5 heteroatoms. The van der Waals surface area contributed by atoms with Crippen LogP contribution in [0.25, 0.3) is 10.9 Å². The van der Waals surface area contributed by atoms with Crippen molar-refractivity contribution in [3.05, 3.63) is 65.9 Å². The first-order valence-corrected chi connectivity index (χ1v) is 9.75. The van der Waals surface area contributed by atoms with E-state index in [-0.39, 0.29) is 0 Å². The van der Waals surface area contributed by atoms with E-state index in [1.165, 1.54) is 18.2 Å². The normalized spacial score (nSPS) is 15.6. The summed E-state index contributed by atoms with van der Waals surface area (Å²) < 4.78 is 12.2. The lowest BCUT2D eigenvalue weighted by atomic mass is 9.89. The van der Waals surface area contributed by atoms with E-state index in [1.807, 2.05) is 24.3 Å². The Morgan fingerprint density at radius 3 is 2.57 bits per heavy atom. The fourth-order valence-corrected chi connectivity index (χ4v) is 4.06. The highest BCUT2D eigenvalue weighted by Gasteiger charge is 2.23. The summed E-state index contributed by atoms with van der Waals surface area (Å²) in [6, 6.07) is 16.3. The van der Waals surface area contributed by atoms with Crippen molar-refractivity contribution >= 4 is 17.1 Å². The van der Waals surface area contributed by atoms with Gasteiger partial charge in [0.15, 0.2) is 0 Å². The van der Waals surface area contributed by atoms with Crippen LogP contribution in [0.15, 0.2) is 54.7 Å². The van der Waals surface area contributed by atoms with E-state index in [1.54, 1.807) is 0 Å². The molecular formula is C23H26N2O3. The summed E-state index contributed by atoms with van der Waals surface area (Å²) in [6.45, 7) is 3.03. The molecule has 0 N–H and O–H groups in total. The number of hydrogen-bond donors (Lipinski definition) is 0. The monoisotopic (exact) mass is 378 g/mol. The minimum absolute atomic E-state index is 0.518. The molecule has 5 nitrogen and oxygen atoms in total. The summed E-state index contributed by atoms with van der Waals surface area (Å²) in [7, 11) is 3.50. The number of fused-ring (bicyclic) bond motifs is 1. The molecule has 0 aliphatic carbocycles. The number of nitrogens with zero attached hydrogens (tertiary/aromatic N) is 2. The van der Waals surface area contributed by atoms with Crippen LogP contribution in [0.4, 0.5) is 4.79 Å². The van der Waals surface area contributed by atoms with Crippen LogP contribution >= 0.6 is 0 Å². The summed E-state index contributed by atoms with van der Waals surface area (Å²) >= 11 is 0. The van der Waals surface area contributed by atoms with E-state index >= 15 is 0 Å². The number of likely N-dealkylation sites (tertiary alicyclic amines) is 1. The summed E-state index contributed by atoms with van der Waals surface area (Å²) in [5, 5.41) is 1.16. The third-order valence-electron chi connectivity index (χ3n) is 5.61. The first kappa shape index (κ1) is 18.6. The molecule has 1 saturated heterocycles. The van der Waals surface area contributed by atoms with Gasteiger partial charge in [0, 0.05) is 23.6 Å². The van der Waals surface area contributed by atoms with Crippen LogP contribution in [0.1, 0.15) is 29.9 Å². The van der Waals surface area contributed by atoms with Gasteiger partial charge >= 0.3 is 6.16 Å². The van der Waals surface area contributed by atoms with Gasteiger partial charge in [0.25, 0.3) is 0 Å². The Balaban J connectivity index is 1.73. The van der Waals surface area contributed by atoms with Crippen LogP contribution in [-0.2, 0) is 11.3 Å². The van der Waals surface area contributed by atoms with E-state index < -0.39 is 6.16 Å². The predicted octanol–water partition coefficient (Wildman–Crippen LogP) is 4.64. The summed E-state index contributed by atoms with van der Waals surface area (Å²) in [4.78, 5) is 13.9. The molecule has 0 spiro atoms. The number of methoxy groups -OCH3 is 1. The molecule has 0 atom stereocenters.